The predicted molar refractivity (Wildman–Crippen MR) is 127 cm³/mol. The molecule has 4 aromatic rings. The van der Waals surface area contributed by atoms with Crippen LogP contribution in [0.25, 0.3) is 32.9 Å². The van der Waals surface area contributed by atoms with Gasteiger partial charge in [0.2, 0.25) is 0 Å². The Morgan fingerprint density at radius 3 is 2.23 bits per heavy atom. The zero-order valence-electron chi connectivity index (χ0n) is 18.3. The molecule has 0 atom stereocenters. The zero-order chi connectivity index (χ0) is 21.8. The van der Waals surface area contributed by atoms with Crippen LogP contribution in [0, 0.1) is 5.82 Å². The maximum atomic E-state index is 15.1. The van der Waals surface area contributed by atoms with Crippen LogP contribution < -0.4 is 5.63 Å². The summed E-state index contributed by atoms with van der Waals surface area (Å²) < 4.78 is 20.6. The largest absolute Gasteiger partial charge is 0.419 e. The van der Waals surface area contributed by atoms with Gasteiger partial charge in [-0.15, -0.1) is 0 Å². The van der Waals surface area contributed by atoms with E-state index in [1.807, 2.05) is 30.3 Å². The first-order valence-electron chi connectivity index (χ1n) is 11.4. The van der Waals surface area contributed by atoms with Crippen LogP contribution in [-0.2, 0) is 12.8 Å². The highest BCUT2D eigenvalue weighted by atomic mass is 19.1. The number of benzene rings is 3. The third kappa shape index (κ3) is 4.41. The molecule has 1 aromatic heterocycles. The van der Waals surface area contributed by atoms with Gasteiger partial charge in [0.25, 0.3) is 0 Å². The Bertz CT molecular complexity index is 1250. The highest BCUT2D eigenvalue weighted by Crippen LogP contribution is 2.30. The molecule has 0 bridgehead atoms. The molecule has 0 fully saturated rings. The minimum atomic E-state index is -0.492. The molecule has 0 saturated heterocycles. The van der Waals surface area contributed by atoms with Crippen molar-refractivity contribution >= 4 is 21.7 Å². The summed E-state index contributed by atoms with van der Waals surface area (Å²) in [5.41, 5.74) is 3.51. The number of rotatable bonds is 8. The third-order valence-electron chi connectivity index (χ3n) is 6.03. The summed E-state index contributed by atoms with van der Waals surface area (Å²) >= 11 is 0. The molecule has 4 rings (SSSR count). The van der Waals surface area contributed by atoms with Gasteiger partial charge >= 0.3 is 5.63 Å². The Morgan fingerprint density at radius 1 is 0.742 bits per heavy atom. The normalized spacial score (nSPS) is 11.5. The Hall–Kier alpha value is -2.94. The van der Waals surface area contributed by atoms with Crippen molar-refractivity contribution in [1.29, 1.82) is 0 Å². The van der Waals surface area contributed by atoms with Crippen molar-refractivity contribution < 1.29 is 8.81 Å². The van der Waals surface area contributed by atoms with E-state index in [2.05, 4.69) is 38.1 Å². The molecule has 1 heterocycles. The number of aryl methyl sites for hydroxylation is 2. The van der Waals surface area contributed by atoms with Crippen molar-refractivity contribution in [2.45, 2.75) is 58.8 Å². The molecule has 0 spiro atoms. The van der Waals surface area contributed by atoms with Crippen LogP contribution in [0.1, 0.15) is 57.1 Å². The van der Waals surface area contributed by atoms with Crippen LogP contribution in [0.15, 0.2) is 63.8 Å². The van der Waals surface area contributed by atoms with Gasteiger partial charge in [-0.2, -0.15) is 0 Å². The maximum absolute atomic E-state index is 15.1. The molecular weight excluding hydrogens is 387 g/mol. The summed E-state index contributed by atoms with van der Waals surface area (Å²) in [7, 11) is 0. The van der Waals surface area contributed by atoms with Crippen molar-refractivity contribution in [1.82, 2.24) is 0 Å². The van der Waals surface area contributed by atoms with Crippen LogP contribution in [0.5, 0.6) is 0 Å². The molecule has 0 N–H and O–H groups in total. The van der Waals surface area contributed by atoms with Crippen LogP contribution in [0.3, 0.4) is 0 Å². The van der Waals surface area contributed by atoms with E-state index in [0.29, 0.717) is 22.8 Å². The van der Waals surface area contributed by atoms with Crippen LogP contribution in [0.2, 0.25) is 0 Å². The van der Waals surface area contributed by atoms with Crippen LogP contribution >= 0.6 is 0 Å². The van der Waals surface area contributed by atoms with Crippen molar-refractivity contribution in [3.8, 4) is 11.1 Å². The molecule has 0 unspecified atom stereocenters. The van der Waals surface area contributed by atoms with Gasteiger partial charge in [-0.05, 0) is 47.6 Å². The van der Waals surface area contributed by atoms with E-state index in [-0.39, 0.29) is 5.58 Å². The van der Waals surface area contributed by atoms with Gasteiger partial charge in [-0.25, -0.2) is 9.18 Å². The molecule has 0 aliphatic rings. The fourth-order valence-corrected chi connectivity index (χ4v) is 4.27. The Labute approximate surface area is 182 Å². The fraction of sp³-hybridized carbons (Fsp3) is 0.321. The Kier molecular flexibility index (Phi) is 6.50. The zero-order valence-corrected chi connectivity index (χ0v) is 18.3. The quantitative estimate of drug-likeness (QED) is 0.166. The minimum absolute atomic E-state index is 0.0714. The molecule has 160 valence electrons. The van der Waals surface area contributed by atoms with Crippen molar-refractivity contribution in [2.75, 3.05) is 0 Å². The lowest BCUT2D eigenvalue weighted by molar-refractivity contribution is 0.522. The molecular formula is C28H29FO2. The van der Waals surface area contributed by atoms with Crippen molar-refractivity contribution in [3.05, 3.63) is 82.0 Å². The SMILES string of the molecule is CCCCCCc1ccc2c(oc(=O)c3cc(-c4ccc(CCC)cc4)ccc32)c1F. The lowest BCUT2D eigenvalue weighted by Crippen LogP contribution is -2.03. The van der Waals surface area contributed by atoms with Gasteiger partial charge < -0.3 is 4.42 Å². The van der Waals surface area contributed by atoms with E-state index in [0.717, 1.165) is 55.0 Å². The average molecular weight is 417 g/mol. The van der Waals surface area contributed by atoms with Crippen LogP contribution in [-0.4, -0.2) is 0 Å². The highest BCUT2D eigenvalue weighted by Gasteiger charge is 2.15. The molecule has 0 saturated carbocycles. The van der Waals surface area contributed by atoms with E-state index >= 15 is 4.39 Å². The van der Waals surface area contributed by atoms with Crippen molar-refractivity contribution in [2.24, 2.45) is 0 Å². The first-order chi connectivity index (χ1) is 15.1. The second-order valence-electron chi connectivity index (χ2n) is 8.32. The number of unbranched alkanes of at least 4 members (excludes halogenated alkanes) is 3. The number of hydrogen-bond donors (Lipinski definition) is 0. The van der Waals surface area contributed by atoms with E-state index in [4.69, 9.17) is 4.42 Å². The molecule has 0 radical (unpaired) electrons. The van der Waals surface area contributed by atoms with Crippen LogP contribution in [0.4, 0.5) is 4.39 Å². The molecule has 3 heteroatoms. The summed E-state index contributed by atoms with van der Waals surface area (Å²) in [6.45, 7) is 4.32. The summed E-state index contributed by atoms with van der Waals surface area (Å²) in [6.07, 6.45) is 7.15. The van der Waals surface area contributed by atoms with Gasteiger partial charge in [0.1, 0.15) is 0 Å². The fourth-order valence-electron chi connectivity index (χ4n) is 4.27. The van der Waals surface area contributed by atoms with E-state index in [1.165, 1.54) is 5.56 Å². The summed E-state index contributed by atoms with van der Waals surface area (Å²) in [6, 6.07) is 17.9. The van der Waals surface area contributed by atoms with E-state index in [9.17, 15) is 4.79 Å². The number of hydrogen-bond acceptors (Lipinski definition) is 2. The van der Waals surface area contributed by atoms with E-state index < -0.39 is 11.4 Å². The summed E-state index contributed by atoms with van der Waals surface area (Å²) in [5.74, 6) is -0.399. The van der Waals surface area contributed by atoms with Crippen molar-refractivity contribution in [3.63, 3.8) is 0 Å². The lowest BCUT2D eigenvalue weighted by Gasteiger charge is -2.09. The molecule has 31 heavy (non-hydrogen) atoms. The summed E-state index contributed by atoms with van der Waals surface area (Å²) in [5, 5.41) is 1.86. The van der Waals surface area contributed by atoms with Gasteiger partial charge in [0, 0.05) is 10.8 Å². The molecule has 0 amide bonds. The predicted octanol–water partition coefficient (Wildman–Crippen LogP) is 7.83. The Morgan fingerprint density at radius 2 is 1.48 bits per heavy atom. The topological polar surface area (TPSA) is 30.2 Å². The first kappa shape index (κ1) is 21.3. The first-order valence-corrected chi connectivity index (χ1v) is 11.4. The number of halogens is 1. The minimum Gasteiger partial charge on any atom is -0.419 e. The standard InChI is InChI=1S/C28H29FO2/c1-3-5-6-7-9-21-14-17-24-23-16-15-22(20-12-10-19(8-4-2)11-13-20)18-25(23)28(30)31-27(24)26(21)29/h10-18H,3-9H2,1-2H3. The molecule has 0 aliphatic carbocycles. The maximum Gasteiger partial charge on any atom is 0.344 e. The van der Waals surface area contributed by atoms with Gasteiger partial charge in [0.05, 0.1) is 5.39 Å². The lowest BCUT2D eigenvalue weighted by atomic mass is 9.98. The second kappa shape index (κ2) is 9.47. The molecule has 3 aromatic carbocycles. The monoisotopic (exact) mass is 416 g/mol. The van der Waals surface area contributed by atoms with Gasteiger partial charge in [-0.3, -0.25) is 0 Å². The van der Waals surface area contributed by atoms with E-state index in [1.54, 1.807) is 0 Å². The van der Waals surface area contributed by atoms with Gasteiger partial charge in [0.15, 0.2) is 11.4 Å². The smallest absolute Gasteiger partial charge is 0.344 e. The number of fused-ring (bicyclic) bond motifs is 3. The Balaban J connectivity index is 1.73. The average Bonchev–Trinajstić information content (AvgIpc) is 2.79. The molecule has 2 nitrogen and oxygen atoms in total. The summed E-state index contributed by atoms with van der Waals surface area (Å²) in [4.78, 5) is 12.7. The third-order valence-corrected chi connectivity index (χ3v) is 6.03. The molecule has 0 aliphatic heterocycles. The van der Waals surface area contributed by atoms with Gasteiger partial charge in [-0.1, -0.05) is 88.1 Å². The highest BCUT2D eigenvalue weighted by molar-refractivity contribution is 6.05. The second-order valence-corrected chi connectivity index (χ2v) is 8.32.